The van der Waals surface area contributed by atoms with E-state index in [1.54, 1.807) is 0 Å². The Morgan fingerprint density at radius 1 is 0.773 bits per heavy atom. The number of rotatable bonds is 2. The highest BCUT2D eigenvalue weighted by molar-refractivity contribution is 6.09. The lowest BCUT2D eigenvalue weighted by Gasteiger charge is -2.09. The molecule has 0 unspecified atom stereocenters. The molecule has 0 aliphatic rings. The molecule has 0 aliphatic heterocycles. The van der Waals surface area contributed by atoms with Gasteiger partial charge in [0.15, 0.2) is 0 Å². The van der Waals surface area contributed by atoms with Crippen molar-refractivity contribution in [3.8, 4) is 5.69 Å². The Labute approximate surface area is 130 Å². The van der Waals surface area contributed by atoms with Gasteiger partial charge in [-0.1, -0.05) is 60.7 Å². The lowest BCUT2D eigenvalue weighted by atomic mass is 10.1. The average Bonchev–Trinajstić information content (AvgIpc) is 2.89. The first-order valence-electron chi connectivity index (χ1n) is 7.50. The largest absolute Gasteiger partial charge is 0.309 e. The molecule has 0 spiro atoms. The minimum Gasteiger partial charge on any atom is -0.309 e. The topological polar surface area (TPSA) is 4.93 Å². The number of para-hydroxylation sites is 2. The molecule has 1 heterocycles. The molecule has 0 radical (unpaired) electrons. The molecule has 1 aromatic heterocycles. The first kappa shape index (κ1) is 12.9. The minimum atomic E-state index is 1.09. The predicted molar refractivity (Wildman–Crippen MR) is 95.5 cm³/mol. The van der Waals surface area contributed by atoms with E-state index in [2.05, 4.69) is 83.9 Å². The van der Waals surface area contributed by atoms with Crippen LogP contribution in [-0.2, 0) is 0 Å². The summed E-state index contributed by atoms with van der Waals surface area (Å²) in [4.78, 5) is 0. The van der Waals surface area contributed by atoms with E-state index in [-0.39, 0.29) is 0 Å². The molecule has 106 valence electrons. The molecule has 1 heteroatoms. The summed E-state index contributed by atoms with van der Waals surface area (Å²) in [7, 11) is 0. The van der Waals surface area contributed by atoms with Crippen molar-refractivity contribution in [1.82, 2.24) is 4.57 Å². The van der Waals surface area contributed by atoms with E-state index in [1.165, 1.54) is 33.1 Å². The van der Waals surface area contributed by atoms with Crippen molar-refractivity contribution in [3.63, 3.8) is 0 Å². The Morgan fingerprint density at radius 3 is 1.95 bits per heavy atom. The van der Waals surface area contributed by atoms with Crippen molar-refractivity contribution in [1.29, 1.82) is 0 Å². The number of hydrogen-bond acceptors (Lipinski definition) is 0. The summed E-state index contributed by atoms with van der Waals surface area (Å²) in [6.07, 6.45) is 0. The Hall–Kier alpha value is -2.80. The van der Waals surface area contributed by atoms with Crippen LogP contribution in [0.3, 0.4) is 0 Å². The van der Waals surface area contributed by atoms with Crippen LogP contribution in [-0.4, -0.2) is 4.57 Å². The third-order valence-electron chi connectivity index (χ3n) is 4.18. The molecule has 0 aliphatic carbocycles. The maximum Gasteiger partial charge on any atom is 0.0541 e. The fraction of sp³-hybridized carbons (Fsp3) is 0.0476. The molecule has 22 heavy (non-hydrogen) atoms. The van der Waals surface area contributed by atoms with Gasteiger partial charge in [-0.15, -0.1) is 0 Å². The molecule has 4 rings (SSSR count). The molecule has 0 bridgehead atoms. The number of aromatic nitrogens is 1. The molecule has 0 saturated carbocycles. The van der Waals surface area contributed by atoms with Crippen LogP contribution in [0.25, 0.3) is 33.1 Å². The smallest absolute Gasteiger partial charge is 0.0541 e. The average molecular weight is 283 g/mol. The molecule has 0 fully saturated rings. The first-order valence-corrected chi connectivity index (χ1v) is 7.50. The summed E-state index contributed by atoms with van der Waals surface area (Å²) in [5.41, 5.74) is 5.92. The standard InChI is InChI=1S/C21H17N/c1-15(2)16-8-7-9-17(14-16)22-20-12-5-3-10-18(20)19-11-4-6-13-21(19)22/h3-14H,1H2,2H3. The highest BCUT2D eigenvalue weighted by atomic mass is 15.0. The summed E-state index contributed by atoms with van der Waals surface area (Å²) in [5.74, 6) is 0. The van der Waals surface area contributed by atoms with Crippen LogP contribution < -0.4 is 0 Å². The van der Waals surface area contributed by atoms with E-state index in [0.717, 1.165) is 5.57 Å². The van der Waals surface area contributed by atoms with Gasteiger partial charge >= 0.3 is 0 Å². The summed E-state index contributed by atoms with van der Waals surface area (Å²) >= 11 is 0. The summed E-state index contributed by atoms with van der Waals surface area (Å²) in [6, 6.07) is 25.7. The van der Waals surface area contributed by atoms with Crippen molar-refractivity contribution in [2.24, 2.45) is 0 Å². The molecule has 0 amide bonds. The molecule has 0 atom stereocenters. The van der Waals surface area contributed by atoms with Crippen LogP contribution in [0.15, 0.2) is 79.4 Å². The fourth-order valence-corrected chi connectivity index (χ4v) is 3.11. The Kier molecular flexibility index (Phi) is 2.87. The third-order valence-corrected chi connectivity index (χ3v) is 4.18. The molecular formula is C21H17N. The Balaban J connectivity index is 2.13. The summed E-state index contributed by atoms with van der Waals surface area (Å²) in [6.45, 7) is 6.11. The normalized spacial score (nSPS) is 11.1. The van der Waals surface area contributed by atoms with Crippen LogP contribution >= 0.6 is 0 Å². The van der Waals surface area contributed by atoms with Gasteiger partial charge in [-0.3, -0.25) is 0 Å². The van der Waals surface area contributed by atoms with Gasteiger partial charge < -0.3 is 4.57 Å². The van der Waals surface area contributed by atoms with Crippen LogP contribution in [0.1, 0.15) is 12.5 Å². The zero-order valence-electron chi connectivity index (χ0n) is 12.6. The van der Waals surface area contributed by atoms with Crippen molar-refractivity contribution >= 4 is 27.4 Å². The van der Waals surface area contributed by atoms with Crippen LogP contribution in [0, 0.1) is 0 Å². The van der Waals surface area contributed by atoms with E-state index in [4.69, 9.17) is 0 Å². The summed E-state index contributed by atoms with van der Waals surface area (Å²) in [5, 5.41) is 2.58. The molecule has 0 N–H and O–H groups in total. The van der Waals surface area contributed by atoms with Gasteiger partial charge in [0.2, 0.25) is 0 Å². The second-order valence-corrected chi connectivity index (χ2v) is 5.70. The van der Waals surface area contributed by atoms with Gasteiger partial charge in [0.25, 0.3) is 0 Å². The highest BCUT2D eigenvalue weighted by Gasteiger charge is 2.11. The third kappa shape index (κ3) is 1.86. The minimum absolute atomic E-state index is 1.09. The van der Waals surface area contributed by atoms with E-state index in [0.29, 0.717) is 0 Å². The van der Waals surface area contributed by atoms with Crippen molar-refractivity contribution in [3.05, 3.63) is 84.9 Å². The van der Waals surface area contributed by atoms with Crippen LogP contribution in [0.2, 0.25) is 0 Å². The lowest BCUT2D eigenvalue weighted by molar-refractivity contribution is 1.18. The summed E-state index contributed by atoms with van der Waals surface area (Å²) < 4.78 is 2.33. The van der Waals surface area contributed by atoms with Gasteiger partial charge in [-0.25, -0.2) is 0 Å². The maximum atomic E-state index is 4.06. The quantitative estimate of drug-likeness (QED) is 0.437. The van der Waals surface area contributed by atoms with Gasteiger partial charge in [0.1, 0.15) is 0 Å². The van der Waals surface area contributed by atoms with Gasteiger partial charge in [-0.2, -0.15) is 0 Å². The highest BCUT2D eigenvalue weighted by Crippen LogP contribution is 2.32. The molecule has 4 aromatic rings. The van der Waals surface area contributed by atoms with E-state index in [1.807, 2.05) is 6.92 Å². The number of fused-ring (bicyclic) bond motifs is 3. The lowest BCUT2D eigenvalue weighted by Crippen LogP contribution is -1.94. The van der Waals surface area contributed by atoms with E-state index >= 15 is 0 Å². The Bertz CT molecular complexity index is 951. The number of benzene rings is 3. The molecule has 3 aromatic carbocycles. The number of nitrogens with zero attached hydrogens (tertiary/aromatic N) is 1. The van der Waals surface area contributed by atoms with E-state index in [9.17, 15) is 0 Å². The van der Waals surface area contributed by atoms with Crippen molar-refractivity contribution in [2.45, 2.75) is 6.92 Å². The van der Waals surface area contributed by atoms with Crippen molar-refractivity contribution < 1.29 is 0 Å². The molecular weight excluding hydrogens is 266 g/mol. The first-order chi connectivity index (χ1) is 10.8. The second kappa shape index (κ2) is 4.88. The zero-order valence-corrected chi connectivity index (χ0v) is 12.6. The molecule has 1 nitrogen and oxygen atoms in total. The maximum absolute atomic E-state index is 4.06. The SMILES string of the molecule is C=C(C)c1cccc(-n2c3ccccc3c3ccccc32)c1. The Morgan fingerprint density at radius 2 is 1.36 bits per heavy atom. The van der Waals surface area contributed by atoms with Crippen LogP contribution in [0.5, 0.6) is 0 Å². The fourth-order valence-electron chi connectivity index (χ4n) is 3.11. The van der Waals surface area contributed by atoms with Gasteiger partial charge in [0.05, 0.1) is 11.0 Å². The zero-order chi connectivity index (χ0) is 15.1. The monoisotopic (exact) mass is 283 g/mol. The van der Waals surface area contributed by atoms with Gasteiger partial charge in [0, 0.05) is 16.5 Å². The molecule has 0 saturated heterocycles. The van der Waals surface area contributed by atoms with Gasteiger partial charge in [-0.05, 0) is 36.8 Å². The predicted octanol–water partition coefficient (Wildman–Crippen LogP) is 5.82. The van der Waals surface area contributed by atoms with Crippen LogP contribution in [0.4, 0.5) is 0 Å². The number of allylic oxidation sites excluding steroid dienone is 1. The van der Waals surface area contributed by atoms with E-state index < -0.39 is 0 Å². The van der Waals surface area contributed by atoms with Crippen molar-refractivity contribution in [2.75, 3.05) is 0 Å². The second-order valence-electron chi connectivity index (χ2n) is 5.70. The number of hydrogen-bond donors (Lipinski definition) is 0.